The van der Waals surface area contributed by atoms with Crippen LogP contribution >= 0.6 is 22.9 Å². The van der Waals surface area contributed by atoms with Gasteiger partial charge < -0.3 is 10.2 Å². The summed E-state index contributed by atoms with van der Waals surface area (Å²) in [7, 11) is 0. The lowest BCUT2D eigenvalue weighted by atomic mass is 9.97. The molecule has 0 radical (unpaired) electrons. The summed E-state index contributed by atoms with van der Waals surface area (Å²) in [4.78, 5) is 19.3. The van der Waals surface area contributed by atoms with Gasteiger partial charge in [0, 0.05) is 47.2 Å². The van der Waals surface area contributed by atoms with Crippen molar-refractivity contribution in [2.24, 2.45) is 0 Å². The Morgan fingerprint density at radius 1 is 1.03 bits per heavy atom. The van der Waals surface area contributed by atoms with Gasteiger partial charge in [-0.25, -0.2) is 0 Å². The Bertz CT molecular complexity index is 1040. The van der Waals surface area contributed by atoms with Crippen LogP contribution in [0.15, 0.2) is 60.7 Å². The number of likely N-dealkylation sites (N-methyl/N-ethyl adjacent to an activating group) is 1. The normalized spacial score (nSPS) is 16.1. The van der Waals surface area contributed by atoms with Crippen molar-refractivity contribution in [2.45, 2.75) is 26.3 Å². The topological polar surface area (TPSA) is 35.6 Å². The maximum atomic E-state index is 13.0. The summed E-state index contributed by atoms with van der Waals surface area (Å²) in [5, 5.41) is 4.88. The number of nitrogens with one attached hydrogen (secondary N) is 1. The number of nitrogens with zero attached hydrogens (tertiary/aromatic N) is 2. The first-order valence-electron chi connectivity index (χ1n) is 11.3. The Hall–Kier alpha value is -2.18. The summed E-state index contributed by atoms with van der Waals surface area (Å²) in [6, 6.07) is 19.9. The molecule has 4 rings (SSSR count). The highest BCUT2D eigenvalue weighted by atomic mass is 35.5. The van der Waals surface area contributed by atoms with Gasteiger partial charge in [0.15, 0.2) is 0 Å². The van der Waals surface area contributed by atoms with Crippen LogP contribution < -0.4 is 5.32 Å². The molecular formula is C26H30ClN3OS. The Morgan fingerprint density at radius 2 is 1.78 bits per heavy atom. The molecule has 1 aromatic heterocycles. The lowest BCUT2D eigenvalue weighted by Gasteiger charge is -2.39. The highest BCUT2D eigenvalue weighted by molar-refractivity contribution is 7.16. The van der Waals surface area contributed by atoms with Crippen LogP contribution in [0.3, 0.4) is 0 Å². The molecule has 1 saturated heterocycles. The van der Waals surface area contributed by atoms with Crippen LogP contribution in [0.2, 0.25) is 5.02 Å². The molecule has 0 saturated carbocycles. The van der Waals surface area contributed by atoms with Crippen molar-refractivity contribution in [2.75, 3.05) is 38.0 Å². The van der Waals surface area contributed by atoms with Crippen LogP contribution in [-0.2, 0) is 6.42 Å². The van der Waals surface area contributed by atoms with Gasteiger partial charge in [-0.05, 0) is 48.9 Å². The van der Waals surface area contributed by atoms with Crippen molar-refractivity contribution in [3.8, 4) is 0 Å². The van der Waals surface area contributed by atoms with E-state index in [0.29, 0.717) is 5.56 Å². The minimum atomic E-state index is -0.0722. The van der Waals surface area contributed by atoms with E-state index >= 15 is 0 Å². The predicted molar refractivity (Wildman–Crippen MR) is 135 cm³/mol. The molecule has 1 amide bonds. The molecule has 168 valence electrons. The number of hydrogen-bond acceptors (Lipinski definition) is 4. The number of carbonyl (C=O) groups is 1. The number of hydrogen-bond donors (Lipinski definition) is 1. The van der Waals surface area contributed by atoms with Gasteiger partial charge in [-0.1, -0.05) is 55.8 Å². The third-order valence-electron chi connectivity index (χ3n) is 6.10. The van der Waals surface area contributed by atoms with Gasteiger partial charge in [-0.3, -0.25) is 9.69 Å². The molecule has 6 heteroatoms. The van der Waals surface area contributed by atoms with Gasteiger partial charge in [0.1, 0.15) is 5.00 Å². The maximum absolute atomic E-state index is 13.0. The quantitative estimate of drug-likeness (QED) is 0.466. The summed E-state index contributed by atoms with van der Waals surface area (Å²) < 4.78 is 0. The van der Waals surface area contributed by atoms with E-state index in [-0.39, 0.29) is 11.9 Å². The fraction of sp³-hybridized carbons (Fsp3) is 0.346. The number of carbonyl (C=O) groups excluding carboxylic acids is 1. The molecule has 2 heterocycles. The van der Waals surface area contributed by atoms with E-state index in [1.54, 1.807) is 11.3 Å². The third kappa shape index (κ3) is 5.24. The van der Waals surface area contributed by atoms with Gasteiger partial charge >= 0.3 is 0 Å². The number of halogens is 1. The van der Waals surface area contributed by atoms with E-state index in [9.17, 15) is 4.79 Å². The first-order valence-corrected chi connectivity index (χ1v) is 12.5. The largest absolute Gasteiger partial charge is 0.313 e. The molecule has 1 aliphatic heterocycles. The smallest absolute Gasteiger partial charge is 0.256 e. The average molecular weight is 468 g/mol. The van der Waals surface area contributed by atoms with Gasteiger partial charge in [-0.15, -0.1) is 11.3 Å². The van der Waals surface area contributed by atoms with Crippen molar-refractivity contribution in [1.82, 2.24) is 9.80 Å². The molecule has 0 aliphatic carbocycles. The van der Waals surface area contributed by atoms with E-state index in [4.69, 9.17) is 11.6 Å². The lowest BCUT2D eigenvalue weighted by Crippen LogP contribution is -2.47. The number of benzene rings is 2. The average Bonchev–Trinajstić information content (AvgIpc) is 3.22. The molecule has 1 atom stereocenters. The number of rotatable bonds is 7. The summed E-state index contributed by atoms with van der Waals surface area (Å²) >= 11 is 8.08. The van der Waals surface area contributed by atoms with Crippen molar-refractivity contribution >= 4 is 33.8 Å². The molecule has 1 N–H and O–H groups in total. The van der Waals surface area contributed by atoms with Crippen LogP contribution in [0.1, 0.15) is 46.3 Å². The third-order valence-corrected chi connectivity index (χ3v) is 7.55. The molecule has 1 unspecified atom stereocenters. The first kappa shape index (κ1) is 23.0. The van der Waals surface area contributed by atoms with Crippen LogP contribution in [-0.4, -0.2) is 48.4 Å². The Morgan fingerprint density at radius 3 is 2.44 bits per heavy atom. The number of amides is 1. The standard InChI is InChI=1S/C26H30ClN3OS/c1-3-22-18-23(26(32-22)28-25(31)19-9-6-5-7-10-19)24(20-11-8-12-21(27)17-20)30-15-13-29(4-2)14-16-30/h5-12,17-18,24H,3-4,13-16H2,1-2H3,(H,28,31). The predicted octanol–water partition coefficient (Wildman–Crippen LogP) is 5.94. The molecule has 2 aromatic carbocycles. The van der Waals surface area contributed by atoms with Crippen LogP contribution in [0, 0.1) is 0 Å². The lowest BCUT2D eigenvalue weighted by molar-refractivity contribution is 0.102. The Balaban J connectivity index is 1.72. The molecule has 4 nitrogen and oxygen atoms in total. The fourth-order valence-electron chi connectivity index (χ4n) is 4.30. The minimum absolute atomic E-state index is 0.0512. The molecule has 3 aromatic rings. The molecular weight excluding hydrogens is 438 g/mol. The molecule has 1 fully saturated rings. The Labute approximate surface area is 199 Å². The number of anilines is 1. The van der Waals surface area contributed by atoms with Crippen LogP contribution in [0.5, 0.6) is 0 Å². The van der Waals surface area contributed by atoms with Crippen LogP contribution in [0.4, 0.5) is 5.00 Å². The molecule has 0 spiro atoms. The van der Waals surface area contributed by atoms with Crippen molar-refractivity contribution in [1.29, 1.82) is 0 Å². The van der Waals surface area contributed by atoms with E-state index in [2.05, 4.69) is 47.2 Å². The van der Waals surface area contributed by atoms with Crippen molar-refractivity contribution < 1.29 is 4.79 Å². The number of piperazine rings is 1. The maximum Gasteiger partial charge on any atom is 0.256 e. The number of aryl methyl sites for hydroxylation is 1. The second kappa shape index (κ2) is 10.6. The summed E-state index contributed by atoms with van der Waals surface area (Å²) in [5.74, 6) is -0.0722. The van der Waals surface area contributed by atoms with Gasteiger partial charge in [-0.2, -0.15) is 0 Å². The minimum Gasteiger partial charge on any atom is -0.313 e. The zero-order valence-corrected chi connectivity index (χ0v) is 20.3. The zero-order valence-electron chi connectivity index (χ0n) is 18.7. The summed E-state index contributed by atoms with van der Waals surface area (Å²) in [6.07, 6.45) is 0.935. The van der Waals surface area contributed by atoms with E-state index < -0.39 is 0 Å². The summed E-state index contributed by atoms with van der Waals surface area (Å²) in [6.45, 7) is 9.50. The van der Waals surface area contributed by atoms with E-state index in [0.717, 1.165) is 60.3 Å². The monoisotopic (exact) mass is 467 g/mol. The van der Waals surface area contributed by atoms with Gasteiger partial charge in [0.05, 0.1) is 6.04 Å². The number of thiophene rings is 1. The summed E-state index contributed by atoms with van der Waals surface area (Å²) in [5.41, 5.74) is 2.99. The van der Waals surface area contributed by atoms with Gasteiger partial charge in [0.2, 0.25) is 0 Å². The first-order chi connectivity index (χ1) is 15.6. The molecule has 1 aliphatic rings. The van der Waals surface area contributed by atoms with Crippen molar-refractivity contribution in [3.05, 3.63) is 87.3 Å². The highest BCUT2D eigenvalue weighted by Crippen LogP contribution is 2.40. The fourth-order valence-corrected chi connectivity index (χ4v) is 5.52. The van der Waals surface area contributed by atoms with Crippen molar-refractivity contribution in [3.63, 3.8) is 0 Å². The van der Waals surface area contributed by atoms with Crippen LogP contribution in [0.25, 0.3) is 0 Å². The second-order valence-electron chi connectivity index (χ2n) is 8.10. The zero-order chi connectivity index (χ0) is 22.5. The Kier molecular flexibility index (Phi) is 7.63. The van der Waals surface area contributed by atoms with E-state index in [1.807, 2.05) is 42.5 Å². The van der Waals surface area contributed by atoms with Gasteiger partial charge in [0.25, 0.3) is 5.91 Å². The highest BCUT2D eigenvalue weighted by Gasteiger charge is 2.30. The molecule has 32 heavy (non-hydrogen) atoms. The van der Waals surface area contributed by atoms with E-state index in [1.165, 1.54) is 4.88 Å². The second-order valence-corrected chi connectivity index (χ2v) is 9.67. The molecule has 0 bridgehead atoms. The SMILES string of the molecule is CCc1cc(C(c2cccc(Cl)c2)N2CCN(CC)CC2)c(NC(=O)c2ccccc2)s1.